The molecule has 50 valence electrons. The molecule has 0 fully saturated rings. The van der Waals surface area contributed by atoms with Gasteiger partial charge in [0.25, 0.3) is 0 Å². The van der Waals surface area contributed by atoms with Crippen LogP contribution in [0.1, 0.15) is 6.42 Å². The summed E-state index contributed by atoms with van der Waals surface area (Å²) in [7, 11) is 0. The third kappa shape index (κ3) is 7.43. The van der Waals surface area contributed by atoms with Gasteiger partial charge in [0, 0.05) is 6.42 Å². The highest BCUT2D eigenvalue weighted by atomic mass is 32.2. The van der Waals surface area contributed by atoms with Gasteiger partial charge in [0.05, 0.1) is 5.75 Å². The van der Waals surface area contributed by atoms with Crippen molar-refractivity contribution in [2.45, 2.75) is 6.42 Å². The van der Waals surface area contributed by atoms with E-state index < -0.39 is 0 Å². The molecule has 0 aromatic carbocycles. The molecule has 0 bridgehead atoms. The summed E-state index contributed by atoms with van der Waals surface area (Å²) in [5.74, 6) is 0.468. The quantitative estimate of drug-likeness (QED) is 0.427. The van der Waals surface area contributed by atoms with E-state index in [9.17, 15) is 9.59 Å². The van der Waals surface area contributed by atoms with Gasteiger partial charge in [0.2, 0.25) is 0 Å². The van der Waals surface area contributed by atoms with Crippen molar-refractivity contribution in [1.29, 1.82) is 0 Å². The van der Waals surface area contributed by atoms with Crippen molar-refractivity contribution in [3.8, 4) is 0 Å². The van der Waals surface area contributed by atoms with Crippen molar-refractivity contribution in [1.82, 2.24) is 0 Å². The van der Waals surface area contributed by atoms with Crippen LogP contribution in [0.15, 0.2) is 11.5 Å². The highest BCUT2D eigenvalue weighted by Gasteiger charge is 1.76. The summed E-state index contributed by atoms with van der Waals surface area (Å²) in [4.78, 5) is 19.4. The Bertz CT molecular complexity index is 110. The van der Waals surface area contributed by atoms with Crippen LogP contribution in [-0.2, 0) is 9.59 Å². The maximum atomic E-state index is 9.71. The largest absolute Gasteiger partial charge is 0.303 e. The minimum Gasteiger partial charge on any atom is -0.303 e. The van der Waals surface area contributed by atoms with Crippen LogP contribution in [0.5, 0.6) is 0 Å². The fourth-order valence-corrected chi connectivity index (χ4v) is 0.711. The van der Waals surface area contributed by atoms with Gasteiger partial charge < -0.3 is 9.59 Å². The van der Waals surface area contributed by atoms with Gasteiger partial charge in [0.1, 0.15) is 12.6 Å². The number of rotatable bonds is 5. The molecule has 0 heterocycles. The number of hydrogen-bond acceptors (Lipinski definition) is 3. The highest BCUT2D eigenvalue weighted by molar-refractivity contribution is 8.02. The first kappa shape index (κ1) is 8.43. The summed E-state index contributed by atoms with van der Waals surface area (Å²) in [6.45, 7) is 0. The second-order valence-corrected chi connectivity index (χ2v) is 2.21. The first-order valence-electron chi connectivity index (χ1n) is 2.55. The smallest absolute Gasteiger partial charge is 0.130 e. The maximum Gasteiger partial charge on any atom is 0.130 e. The van der Waals surface area contributed by atoms with Gasteiger partial charge in [-0.2, -0.15) is 0 Å². The molecule has 0 N–H and O–H groups in total. The molecule has 0 aromatic heterocycles. The average Bonchev–Trinajstić information content (AvgIpc) is 1.89. The predicted molar refractivity (Wildman–Crippen MR) is 38.3 cm³/mol. The zero-order valence-corrected chi connectivity index (χ0v) is 5.76. The summed E-state index contributed by atoms with van der Waals surface area (Å²) < 4.78 is 0. The normalized spacial score (nSPS) is 9.78. The van der Waals surface area contributed by atoms with Crippen molar-refractivity contribution in [2.75, 3.05) is 5.75 Å². The van der Waals surface area contributed by atoms with Gasteiger partial charge in [-0.25, -0.2) is 0 Å². The zero-order valence-electron chi connectivity index (χ0n) is 4.95. The molecule has 0 atom stereocenters. The Morgan fingerprint density at radius 1 is 1.22 bits per heavy atom. The van der Waals surface area contributed by atoms with Gasteiger partial charge in [-0.1, -0.05) is 6.08 Å². The lowest BCUT2D eigenvalue weighted by molar-refractivity contribution is -0.107. The van der Waals surface area contributed by atoms with Crippen LogP contribution < -0.4 is 0 Å². The zero-order chi connectivity index (χ0) is 6.95. The van der Waals surface area contributed by atoms with Crippen LogP contribution >= 0.6 is 11.8 Å². The van der Waals surface area contributed by atoms with Gasteiger partial charge in [-0.15, -0.1) is 11.8 Å². The Hall–Kier alpha value is -0.570. The Morgan fingerprint density at radius 2 is 2.00 bits per heavy atom. The highest BCUT2D eigenvalue weighted by Crippen LogP contribution is 1.98. The molecular weight excluding hydrogens is 136 g/mol. The molecule has 0 aromatic rings. The van der Waals surface area contributed by atoms with Crippen molar-refractivity contribution < 1.29 is 9.59 Å². The standard InChI is InChI=1S/C6H8O2S/c7-3-1-2-5-9-6-4-8/h2-5H,1,6H2. The first-order chi connectivity index (χ1) is 4.41. The van der Waals surface area contributed by atoms with E-state index in [4.69, 9.17) is 0 Å². The third-order valence-electron chi connectivity index (χ3n) is 0.589. The van der Waals surface area contributed by atoms with E-state index in [2.05, 4.69) is 0 Å². The molecular formula is C6H8O2S. The summed E-state index contributed by atoms with van der Waals surface area (Å²) in [6.07, 6.45) is 3.81. The molecule has 0 aliphatic carbocycles. The van der Waals surface area contributed by atoms with Crippen molar-refractivity contribution in [3.63, 3.8) is 0 Å². The lowest BCUT2D eigenvalue weighted by Crippen LogP contribution is -1.72. The number of carbonyl (C=O) groups excluding carboxylic acids is 2. The molecule has 0 radical (unpaired) electrons. The van der Waals surface area contributed by atoms with Crippen LogP contribution in [0.3, 0.4) is 0 Å². The number of allylic oxidation sites excluding steroid dienone is 1. The van der Waals surface area contributed by atoms with E-state index >= 15 is 0 Å². The second kappa shape index (κ2) is 7.43. The number of aldehydes is 2. The van der Waals surface area contributed by atoms with Crippen LogP contribution in [0.25, 0.3) is 0 Å². The number of thioether (sulfide) groups is 1. The Labute approximate surface area is 58.3 Å². The molecule has 3 heteroatoms. The maximum absolute atomic E-state index is 9.71. The van der Waals surface area contributed by atoms with Gasteiger partial charge >= 0.3 is 0 Å². The average molecular weight is 144 g/mol. The lowest BCUT2D eigenvalue weighted by Gasteiger charge is -1.79. The van der Waals surface area contributed by atoms with Crippen LogP contribution in [0, 0.1) is 0 Å². The summed E-state index contributed by atoms with van der Waals surface area (Å²) in [6, 6.07) is 0. The Balaban J connectivity index is 3.03. The monoisotopic (exact) mass is 144 g/mol. The van der Waals surface area contributed by atoms with Crippen molar-refractivity contribution in [3.05, 3.63) is 11.5 Å². The molecule has 0 saturated carbocycles. The third-order valence-corrected chi connectivity index (χ3v) is 1.30. The summed E-state index contributed by atoms with van der Waals surface area (Å²) in [5.41, 5.74) is 0. The fourth-order valence-electron chi connectivity index (χ4n) is 0.274. The molecule has 9 heavy (non-hydrogen) atoms. The fraction of sp³-hybridized carbons (Fsp3) is 0.333. The second-order valence-electron chi connectivity index (χ2n) is 1.27. The summed E-state index contributed by atoms with van der Waals surface area (Å²) >= 11 is 1.39. The first-order valence-corrected chi connectivity index (χ1v) is 3.60. The molecule has 0 aliphatic rings. The lowest BCUT2D eigenvalue weighted by atomic mass is 10.5. The minimum absolute atomic E-state index is 0.436. The van der Waals surface area contributed by atoms with E-state index in [-0.39, 0.29) is 0 Å². The molecule has 2 nitrogen and oxygen atoms in total. The molecule has 0 saturated heterocycles. The number of carbonyl (C=O) groups is 2. The molecule has 0 amide bonds. The SMILES string of the molecule is O=CCC=CSCC=O. The number of hydrogen-bond donors (Lipinski definition) is 0. The molecule has 0 spiro atoms. The topological polar surface area (TPSA) is 34.1 Å². The van der Waals surface area contributed by atoms with Crippen LogP contribution in [0.4, 0.5) is 0 Å². The van der Waals surface area contributed by atoms with Gasteiger partial charge in [-0.3, -0.25) is 0 Å². The van der Waals surface area contributed by atoms with Gasteiger partial charge in [-0.05, 0) is 5.41 Å². The van der Waals surface area contributed by atoms with E-state index in [1.54, 1.807) is 11.5 Å². The molecule has 0 aliphatic heterocycles. The van der Waals surface area contributed by atoms with Crippen LogP contribution in [-0.4, -0.2) is 18.3 Å². The van der Waals surface area contributed by atoms with Crippen molar-refractivity contribution >= 4 is 24.3 Å². The van der Waals surface area contributed by atoms with E-state index in [1.165, 1.54) is 11.8 Å². The van der Waals surface area contributed by atoms with Crippen molar-refractivity contribution in [2.24, 2.45) is 0 Å². The van der Waals surface area contributed by atoms with E-state index in [0.29, 0.717) is 12.2 Å². The Morgan fingerprint density at radius 3 is 2.56 bits per heavy atom. The van der Waals surface area contributed by atoms with Gasteiger partial charge in [0.15, 0.2) is 0 Å². The minimum atomic E-state index is 0.436. The molecule has 0 unspecified atom stereocenters. The summed E-state index contributed by atoms with van der Waals surface area (Å²) in [5, 5.41) is 1.75. The predicted octanol–water partition coefficient (Wildman–Crippen LogP) is 1.02. The Kier molecular flexibility index (Phi) is 6.96. The van der Waals surface area contributed by atoms with Crippen LogP contribution in [0.2, 0.25) is 0 Å². The van der Waals surface area contributed by atoms with E-state index in [1.807, 2.05) is 0 Å². The van der Waals surface area contributed by atoms with E-state index in [0.717, 1.165) is 12.6 Å². The molecule has 0 rings (SSSR count).